The van der Waals surface area contributed by atoms with Crippen LogP contribution in [0.2, 0.25) is 0 Å². The van der Waals surface area contributed by atoms with E-state index < -0.39 is 24.6 Å². The van der Waals surface area contributed by atoms with E-state index in [9.17, 15) is 18.4 Å². The minimum Gasteiger partial charge on any atom is -0.490 e. The summed E-state index contributed by atoms with van der Waals surface area (Å²) in [7, 11) is 1.74. The van der Waals surface area contributed by atoms with Crippen molar-refractivity contribution >= 4 is 11.9 Å². The highest BCUT2D eigenvalue weighted by Crippen LogP contribution is 2.30. The highest BCUT2D eigenvalue weighted by Gasteiger charge is 2.23. The van der Waals surface area contributed by atoms with E-state index in [2.05, 4.69) is 15.4 Å². The molecule has 0 aromatic heterocycles. The SMILES string of the molecule is CCOc1cc(CN(C)[C@@H](C)C(=O)NC(=O)NC2CCCCC2)ccc1OC(F)F. The molecule has 1 aliphatic rings. The lowest BCUT2D eigenvalue weighted by Crippen LogP contribution is -2.50. The Morgan fingerprint density at radius 3 is 2.53 bits per heavy atom. The van der Waals surface area contributed by atoms with Crippen LogP contribution in [-0.4, -0.2) is 49.2 Å². The summed E-state index contributed by atoms with van der Waals surface area (Å²) in [6, 6.07) is 3.73. The number of benzene rings is 1. The average Bonchev–Trinajstić information content (AvgIpc) is 2.69. The Labute approximate surface area is 176 Å². The van der Waals surface area contributed by atoms with Crippen molar-refractivity contribution < 1.29 is 27.8 Å². The molecule has 2 N–H and O–H groups in total. The van der Waals surface area contributed by atoms with E-state index in [1.807, 2.05) is 0 Å². The van der Waals surface area contributed by atoms with Gasteiger partial charge in [-0.05, 0) is 51.4 Å². The maximum Gasteiger partial charge on any atom is 0.387 e. The van der Waals surface area contributed by atoms with Crippen molar-refractivity contribution in [1.29, 1.82) is 0 Å². The van der Waals surface area contributed by atoms with Crippen LogP contribution in [-0.2, 0) is 11.3 Å². The van der Waals surface area contributed by atoms with Gasteiger partial charge in [0.1, 0.15) is 0 Å². The fourth-order valence-electron chi connectivity index (χ4n) is 3.42. The van der Waals surface area contributed by atoms with Crippen LogP contribution in [0.15, 0.2) is 18.2 Å². The number of carbonyl (C=O) groups excluding carboxylic acids is 2. The van der Waals surface area contributed by atoms with Gasteiger partial charge in [-0.1, -0.05) is 25.3 Å². The van der Waals surface area contributed by atoms with Gasteiger partial charge in [0.15, 0.2) is 11.5 Å². The molecule has 9 heteroatoms. The molecule has 0 radical (unpaired) electrons. The molecule has 3 amide bonds. The Morgan fingerprint density at radius 2 is 1.90 bits per heavy atom. The number of imide groups is 1. The molecule has 7 nitrogen and oxygen atoms in total. The zero-order chi connectivity index (χ0) is 22.1. The second kappa shape index (κ2) is 11.7. The number of halogens is 2. The highest BCUT2D eigenvalue weighted by molar-refractivity contribution is 5.96. The van der Waals surface area contributed by atoms with E-state index >= 15 is 0 Å². The maximum absolute atomic E-state index is 12.5. The summed E-state index contributed by atoms with van der Waals surface area (Å²) in [5.41, 5.74) is 0.758. The maximum atomic E-state index is 12.5. The highest BCUT2D eigenvalue weighted by atomic mass is 19.3. The molecule has 1 aliphatic carbocycles. The predicted molar refractivity (Wildman–Crippen MR) is 109 cm³/mol. The van der Waals surface area contributed by atoms with Crippen LogP contribution >= 0.6 is 0 Å². The molecule has 168 valence electrons. The normalized spacial score (nSPS) is 15.7. The first-order valence-electron chi connectivity index (χ1n) is 10.3. The number of hydrogen-bond donors (Lipinski definition) is 2. The van der Waals surface area contributed by atoms with E-state index in [0.29, 0.717) is 13.2 Å². The number of ether oxygens (including phenoxy) is 2. The van der Waals surface area contributed by atoms with Crippen LogP contribution in [0.3, 0.4) is 0 Å². The first-order chi connectivity index (χ1) is 14.3. The van der Waals surface area contributed by atoms with Crippen LogP contribution in [0, 0.1) is 0 Å². The van der Waals surface area contributed by atoms with Gasteiger partial charge in [0.25, 0.3) is 0 Å². The summed E-state index contributed by atoms with van der Waals surface area (Å²) in [6.45, 7) is 1.15. The predicted octanol–water partition coefficient (Wildman–Crippen LogP) is 3.67. The zero-order valence-corrected chi connectivity index (χ0v) is 17.7. The van der Waals surface area contributed by atoms with Crippen molar-refractivity contribution in [2.75, 3.05) is 13.7 Å². The molecular formula is C21H31F2N3O4. The molecule has 0 heterocycles. The molecule has 2 rings (SSSR count). The largest absolute Gasteiger partial charge is 0.490 e. The standard InChI is InChI=1S/C21H31F2N3O4/c1-4-29-18-12-15(10-11-17(18)30-20(22)23)13-26(3)14(2)19(27)25-21(28)24-16-8-6-5-7-9-16/h10-12,14,16,20H,4-9,13H2,1-3H3,(H2,24,25,27,28)/t14-/m0/s1. The zero-order valence-electron chi connectivity index (χ0n) is 17.7. The molecule has 30 heavy (non-hydrogen) atoms. The lowest BCUT2D eigenvalue weighted by atomic mass is 9.96. The molecule has 0 unspecified atom stereocenters. The Balaban J connectivity index is 1.91. The van der Waals surface area contributed by atoms with Crippen molar-refractivity contribution in [3.63, 3.8) is 0 Å². The van der Waals surface area contributed by atoms with E-state index in [-0.39, 0.29) is 17.5 Å². The first kappa shape index (κ1) is 23.9. The summed E-state index contributed by atoms with van der Waals surface area (Å²) < 4.78 is 34.9. The molecule has 0 aliphatic heterocycles. The number of alkyl halides is 2. The fourth-order valence-corrected chi connectivity index (χ4v) is 3.42. The number of hydrogen-bond acceptors (Lipinski definition) is 5. The number of rotatable bonds is 9. The summed E-state index contributed by atoms with van der Waals surface area (Å²) >= 11 is 0. The van der Waals surface area contributed by atoms with Gasteiger partial charge in [0.2, 0.25) is 5.91 Å². The second-order valence-electron chi connectivity index (χ2n) is 7.48. The lowest BCUT2D eigenvalue weighted by Gasteiger charge is -2.26. The van der Waals surface area contributed by atoms with Crippen molar-refractivity contribution in [2.24, 2.45) is 0 Å². The number of likely N-dealkylation sites (N-methyl/N-ethyl adjacent to an activating group) is 1. The van der Waals surface area contributed by atoms with Crippen molar-refractivity contribution in [1.82, 2.24) is 15.5 Å². The van der Waals surface area contributed by atoms with Crippen LogP contribution in [0.4, 0.5) is 13.6 Å². The van der Waals surface area contributed by atoms with Crippen molar-refractivity contribution in [3.05, 3.63) is 23.8 Å². The summed E-state index contributed by atoms with van der Waals surface area (Å²) in [4.78, 5) is 26.3. The monoisotopic (exact) mass is 427 g/mol. The minimum atomic E-state index is -2.94. The molecule has 1 saturated carbocycles. The van der Waals surface area contributed by atoms with Gasteiger partial charge >= 0.3 is 12.6 Å². The minimum absolute atomic E-state index is 0.0385. The van der Waals surface area contributed by atoms with Crippen LogP contribution in [0.25, 0.3) is 0 Å². The van der Waals surface area contributed by atoms with Gasteiger partial charge in [-0.2, -0.15) is 8.78 Å². The van der Waals surface area contributed by atoms with Gasteiger partial charge in [0.05, 0.1) is 12.6 Å². The Kier molecular flexibility index (Phi) is 9.29. The molecule has 0 spiro atoms. The van der Waals surface area contributed by atoms with Crippen molar-refractivity contribution in [2.45, 2.75) is 71.2 Å². The Hall–Kier alpha value is -2.42. The van der Waals surface area contributed by atoms with Crippen LogP contribution in [0.1, 0.15) is 51.5 Å². The van der Waals surface area contributed by atoms with Crippen molar-refractivity contribution in [3.8, 4) is 11.5 Å². The number of nitrogens with one attached hydrogen (secondary N) is 2. The Bertz CT molecular complexity index is 711. The molecule has 0 bridgehead atoms. The lowest BCUT2D eigenvalue weighted by molar-refractivity contribution is -0.124. The number of urea groups is 1. The van der Waals surface area contributed by atoms with E-state index in [1.54, 1.807) is 37.9 Å². The third kappa shape index (κ3) is 7.44. The smallest absolute Gasteiger partial charge is 0.387 e. The number of carbonyl (C=O) groups is 2. The summed E-state index contributed by atoms with van der Waals surface area (Å²) in [6.07, 6.45) is 5.22. The van der Waals surface area contributed by atoms with Crippen LogP contribution in [0.5, 0.6) is 11.5 Å². The molecule has 1 fully saturated rings. The second-order valence-corrected chi connectivity index (χ2v) is 7.48. The quantitative estimate of drug-likeness (QED) is 0.629. The van der Waals surface area contributed by atoms with Gasteiger partial charge < -0.3 is 14.8 Å². The first-order valence-corrected chi connectivity index (χ1v) is 10.3. The van der Waals surface area contributed by atoms with E-state index in [4.69, 9.17) is 4.74 Å². The molecule has 1 atom stereocenters. The number of amides is 3. The van der Waals surface area contributed by atoms with Gasteiger partial charge in [-0.3, -0.25) is 15.0 Å². The van der Waals surface area contributed by atoms with Gasteiger partial charge in [0, 0.05) is 12.6 Å². The fraction of sp³-hybridized carbons (Fsp3) is 0.619. The topological polar surface area (TPSA) is 79.9 Å². The average molecular weight is 427 g/mol. The molecule has 0 saturated heterocycles. The molecule has 1 aromatic rings. The van der Waals surface area contributed by atoms with E-state index in [0.717, 1.165) is 31.2 Å². The van der Waals surface area contributed by atoms with Gasteiger partial charge in [-0.25, -0.2) is 4.79 Å². The van der Waals surface area contributed by atoms with Crippen LogP contribution < -0.4 is 20.1 Å². The van der Waals surface area contributed by atoms with Gasteiger partial charge in [-0.15, -0.1) is 0 Å². The Morgan fingerprint density at radius 1 is 1.20 bits per heavy atom. The summed E-state index contributed by atoms with van der Waals surface area (Å²) in [5, 5.41) is 5.25. The molecular weight excluding hydrogens is 396 g/mol. The third-order valence-corrected chi connectivity index (χ3v) is 5.17. The van der Waals surface area contributed by atoms with E-state index in [1.165, 1.54) is 12.5 Å². The third-order valence-electron chi connectivity index (χ3n) is 5.17. The summed E-state index contributed by atoms with van der Waals surface area (Å²) in [5.74, 6) is -0.232. The molecule has 1 aromatic carbocycles. The number of nitrogens with zero attached hydrogens (tertiary/aromatic N) is 1.